The van der Waals surface area contributed by atoms with Crippen molar-refractivity contribution in [1.82, 2.24) is 15.1 Å². The van der Waals surface area contributed by atoms with E-state index < -0.39 is 6.09 Å². The van der Waals surface area contributed by atoms with Crippen LogP contribution in [0.1, 0.15) is 11.3 Å². The molecule has 0 aliphatic rings. The number of benzene rings is 2. The van der Waals surface area contributed by atoms with Gasteiger partial charge in [0.1, 0.15) is 11.6 Å². The van der Waals surface area contributed by atoms with Gasteiger partial charge in [0.2, 0.25) is 0 Å². The summed E-state index contributed by atoms with van der Waals surface area (Å²) in [4.78, 5) is 12.0. The maximum atomic E-state index is 13.6. The van der Waals surface area contributed by atoms with E-state index >= 15 is 0 Å². The molecule has 6 nitrogen and oxygen atoms in total. The Morgan fingerprint density at radius 3 is 2.62 bits per heavy atom. The first kappa shape index (κ1) is 17.5. The summed E-state index contributed by atoms with van der Waals surface area (Å²) in [5.41, 5.74) is 1.86. The Labute approximate surface area is 150 Å². The summed E-state index contributed by atoms with van der Waals surface area (Å²) in [5, 5.41) is 6.76. The number of hydrogen-bond acceptors (Lipinski definition) is 4. The van der Waals surface area contributed by atoms with Crippen molar-refractivity contribution in [3.8, 4) is 17.2 Å². The number of nitrogens with one attached hydrogen (secondary N) is 1. The van der Waals surface area contributed by atoms with Gasteiger partial charge in [-0.3, -0.25) is 0 Å². The van der Waals surface area contributed by atoms with Gasteiger partial charge in [-0.2, -0.15) is 5.10 Å². The molecule has 134 valence electrons. The van der Waals surface area contributed by atoms with E-state index in [0.717, 1.165) is 11.4 Å². The molecule has 0 aliphatic carbocycles. The van der Waals surface area contributed by atoms with Crippen LogP contribution in [-0.4, -0.2) is 23.0 Å². The number of nitrogens with zero attached hydrogens (tertiary/aromatic N) is 2. The standard InChI is InChI=1S/C19H18FN3O3/c1-13-18(12-22-23(13)15-7-9-16(25-2)10-8-15)26-19(24)21-11-14-5-3-4-6-17(14)20/h3-10,12H,11H2,1-2H3,(H,21,24). The fourth-order valence-corrected chi connectivity index (χ4v) is 2.42. The van der Waals surface area contributed by atoms with Gasteiger partial charge in [0, 0.05) is 12.1 Å². The molecule has 0 saturated carbocycles. The zero-order chi connectivity index (χ0) is 18.5. The monoisotopic (exact) mass is 355 g/mol. The number of methoxy groups -OCH3 is 1. The van der Waals surface area contributed by atoms with Gasteiger partial charge >= 0.3 is 6.09 Å². The minimum atomic E-state index is -0.675. The van der Waals surface area contributed by atoms with Gasteiger partial charge in [-0.15, -0.1) is 0 Å². The second kappa shape index (κ2) is 7.69. The minimum Gasteiger partial charge on any atom is -0.497 e. The number of ether oxygens (including phenoxy) is 2. The molecule has 3 rings (SSSR count). The number of carbonyl (C=O) groups excluding carboxylic acids is 1. The van der Waals surface area contributed by atoms with Gasteiger partial charge < -0.3 is 14.8 Å². The highest BCUT2D eigenvalue weighted by Gasteiger charge is 2.13. The molecule has 0 atom stereocenters. The third kappa shape index (κ3) is 3.83. The number of amides is 1. The van der Waals surface area contributed by atoms with E-state index in [-0.39, 0.29) is 12.4 Å². The molecule has 0 spiro atoms. The molecule has 0 unspecified atom stereocenters. The van der Waals surface area contributed by atoms with Crippen molar-refractivity contribution in [1.29, 1.82) is 0 Å². The van der Waals surface area contributed by atoms with E-state index in [1.54, 1.807) is 36.9 Å². The molecule has 1 heterocycles. The van der Waals surface area contributed by atoms with E-state index in [0.29, 0.717) is 17.0 Å². The van der Waals surface area contributed by atoms with Crippen LogP contribution >= 0.6 is 0 Å². The quantitative estimate of drug-likeness (QED) is 0.759. The first-order valence-corrected chi connectivity index (χ1v) is 7.96. The Morgan fingerprint density at radius 2 is 1.92 bits per heavy atom. The Kier molecular flexibility index (Phi) is 5.17. The first-order chi connectivity index (χ1) is 12.6. The van der Waals surface area contributed by atoms with E-state index in [2.05, 4.69) is 10.4 Å². The number of aromatic nitrogens is 2. The molecule has 0 saturated heterocycles. The van der Waals surface area contributed by atoms with Gasteiger partial charge in [-0.25, -0.2) is 13.9 Å². The third-order valence-corrected chi connectivity index (χ3v) is 3.87. The fraction of sp³-hybridized carbons (Fsp3) is 0.158. The number of carbonyl (C=O) groups is 1. The molecular weight excluding hydrogens is 337 g/mol. The number of hydrogen-bond donors (Lipinski definition) is 1. The van der Waals surface area contributed by atoms with Crippen LogP contribution in [0.15, 0.2) is 54.7 Å². The van der Waals surface area contributed by atoms with Gasteiger partial charge in [-0.1, -0.05) is 18.2 Å². The second-order valence-electron chi connectivity index (χ2n) is 5.54. The Balaban J connectivity index is 1.65. The third-order valence-electron chi connectivity index (χ3n) is 3.87. The van der Waals surface area contributed by atoms with Gasteiger partial charge in [-0.05, 0) is 37.3 Å². The Bertz CT molecular complexity index is 907. The molecule has 3 aromatic rings. The largest absolute Gasteiger partial charge is 0.497 e. The summed E-state index contributed by atoms with van der Waals surface area (Å²) >= 11 is 0. The van der Waals surface area contributed by atoms with Crippen molar-refractivity contribution in [2.45, 2.75) is 13.5 Å². The average molecular weight is 355 g/mol. The van der Waals surface area contributed by atoms with Gasteiger partial charge in [0.05, 0.1) is 24.7 Å². The fourth-order valence-electron chi connectivity index (χ4n) is 2.42. The highest BCUT2D eigenvalue weighted by atomic mass is 19.1. The van der Waals surface area contributed by atoms with Crippen LogP contribution in [0.25, 0.3) is 5.69 Å². The van der Waals surface area contributed by atoms with Crippen molar-refractivity contribution in [3.63, 3.8) is 0 Å². The lowest BCUT2D eigenvalue weighted by molar-refractivity contribution is 0.199. The van der Waals surface area contributed by atoms with Crippen LogP contribution in [0.2, 0.25) is 0 Å². The normalized spacial score (nSPS) is 10.4. The van der Waals surface area contributed by atoms with Crippen LogP contribution in [0.4, 0.5) is 9.18 Å². The second-order valence-corrected chi connectivity index (χ2v) is 5.54. The molecular formula is C19H18FN3O3. The zero-order valence-corrected chi connectivity index (χ0v) is 14.4. The van der Waals surface area contributed by atoms with Gasteiger partial charge in [0.15, 0.2) is 5.75 Å². The number of rotatable bonds is 5. The lowest BCUT2D eigenvalue weighted by Crippen LogP contribution is -2.26. The molecule has 1 aromatic heterocycles. The summed E-state index contributed by atoms with van der Waals surface area (Å²) in [7, 11) is 1.60. The van der Waals surface area contributed by atoms with E-state index in [1.165, 1.54) is 12.3 Å². The highest BCUT2D eigenvalue weighted by Crippen LogP contribution is 2.22. The molecule has 0 radical (unpaired) electrons. The van der Waals surface area contributed by atoms with Crippen molar-refractivity contribution in [2.75, 3.05) is 7.11 Å². The molecule has 1 N–H and O–H groups in total. The topological polar surface area (TPSA) is 65.4 Å². The molecule has 0 fully saturated rings. The van der Waals surface area contributed by atoms with E-state index in [1.807, 2.05) is 24.3 Å². The van der Waals surface area contributed by atoms with Crippen molar-refractivity contribution >= 4 is 6.09 Å². The molecule has 0 bridgehead atoms. The predicted octanol–water partition coefficient (Wildman–Crippen LogP) is 3.62. The summed E-state index contributed by atoms with van der Waals surface area (Å²) in [5.74, 6) is 0.686. The predicted molar refractivity (Wildman–Crippen MR) is 94.1 cm³/mol. The maximum Gasteiger partial charge on any atom is 0.412 e. The summed E-state index contributed by atoms with van der Waals surface area (Å²) in [6, 6.07) is 13.6. The van der Waals surface area contributed by atoms with Crippen LogP contribution in [-0.2, 0) is 6.54 Å². The minimum absolute atomic E-state index is 0.0389. The van der Waals surface area contributed by atoms with Gasteiger partial charge in [0.25, 0.3) is 0 Å². The maximum absolute atomic E-state index is 13.6. The van der Waals surface area contributed by atoms with Crippen molar-refractivity contribution < 1.29 is 18.7 Å². The van der Waals surface area contributed by atoms with E-state index in [4.69, 9.17) is 9.47 Å². The number of halogens is 1. The van der Waals surface area contributed by atoms with Crippen LogP contribution in [0.5, 0.6) is 11.5 Å². The molecule has 26 heavy (non-hydrogen) atoms. The average Bonchev–Trinajstić information content (AvgIpc) is 3.01. The molecule has 2 aromatic carbocycles. The summed E-state index contributed by atoms with van der Waals surface area (Å²) in [6.07, 6.45) is 0.785. The Hall–Kier alpha value is -3.35. The SMILES string of the molecule is COc1ccc(-n2ncc(OC(=O)NCc3ccccc3F)c2C)cc1. The lowest BCUT2D eigenvalue weighted by atomic mass is 10.2. The zero-order valence-electron chi connectivity index (χ0n) is 14.4. The van der Waals surface area contributed by atoms with Crippen LogP contribution < -0.4 is 14.8 Å². The van der Waals surface area contributed by atoms with Crippen LogP contribution in [0.3, 0.4) is 0 Å². The van der Waals surface area contributed by atoms with Crippen molar-refractivity contribution in [2.24, 2.45) is 0 Å². The summed E-state index contributed by atoms with van der Waals surface area (Å²) < 4.78 is 25.6. The van der Waals surface area contributed by atoms with E-state index in [9.17, 15) is 9.18 Å². The highest BCUT2D eigenvalue weighted by molar-refractivity contribution is 5.70. The lowest BCUT2D eigenvalue weighted by Gasteiger charge is -2.08. The van der Waals surface area contributed by atoms with Crippen LogP contribution in [0, 0.1) is 12.7 Å². The summed E-state index contributed by atoms with van der Waals surface area (Å²) in [6.45, 7) is 1.83. The molecule has 0 aliphatic heterocycles. The first-order valence-electron chi connectivity index (χ1n) is 7.96. The van der Waals surface area contributed by atoms with Crippen molar-refractivity contribution in [3.05, 3.63) is 71.8 Å². The Morgan fingerprint density at radius 1 is 1.19 bits per heavy atom. The smallest absolute Gasteiger partial charge is 0.412 e. The molecule has 1 amide bonds. The molecule has 7 heteroatoms.